The molecule has 2 aliphatic heterocycles. The van der Waals surface area contributed by atoms with Crippen LogP contribution in [0.3, 0.4) is 0 Å². The molecule has 3 heterocycles. The topological polar surface area (TPSA) is 47.3 Å². The van der Waals surface area contributed by atoms with Crippen molar-refractivity contribution in [3.63, 3.8) is 0 Å². The first kappa shape index (κ1) is 10.3. The van der Waals surface area contributed by atoms with Gasteiger partial charge in [-0.05, 0) is 25.8 Å². The van der Waals surface area contributed by atoms with E-state index in [0.29, 0.717) is 12.0 Å². The largest absolute Gasteiger partial charge is 0.444 e. The maximum atomic E-state index is 5.85. The first-order valence-electron chi connectivity index (χ1n) is 6.20. The van der Waals surface area contributed by atoms with E-state index in [0.717, 1.165) is 44.3 Å². The van der Waals surface area contributed by atoms with Crippen LogP contribution in [0.2, 0.25) is 0 Å². The van der Waals surface area contributed by atoms with Gasteiger partial charge in [-0.2, -0.15) is 0 Å². The Bertz CT molecular complexity index is 339. The lowest BCUT2D eigenvalue weighted by molar-refractivity contribution is 0.190. The van der Waals surface area contributed by atoms with E-state index in [1.165, 1.54) is 12.8 Å². The summed E-state index contributed by atoms with van der Waals surface area (Å²) in [6.45, 7) is 2.71. The minimum absolute atomic E-state index is 0.324. The molecule has 1 N–H and O–H groups in total. The van der Waals surface area contributed by atoms with Crippen LogP contribution in [0.5, 0.6) is 0 Å². The highest BCUT2D eigenvalue weighted by molar-refractivity contribution is 5.05. The summed E-state index contributed by atoms with van der Waals surface area (Å²) in [7, 11) is 0. The van der Waals surface area contributed by atoms with E-state index in [2.05, 4.69) is 10.3 Å². The standard InChI is InChI=1S/C12H18N2O2/c1-2-5-13-10(3-1)12-14-7-11(16-12)9-4-6-15-8-9/h7,9-10,13H,1-6,8H2. The van der Waals surface area contributed by atoms with Gasteiger partial charge in [0, 0.05) is 12.5 Å². The van der Waals surface area contributed by atoms with Crippen LogP contribution >= 0.6 is 0 Å². The smallest absolute Gasteiger partial charge is 0.211 e. The Hall–Kier alpha value is -0.870. The molecule has 2 aliphatic rings. The molecule has 2 saturated heterocycles. The molecule has 88 valence electrons. The quantitative estimate of drug-likeness (QED) is 0.831. The summed E-state index contributed by atoms with van der Waals surface area (Å²) in [4.78, 5) is 4.40. The lowest BCUT2D eigenvalue weighted by atomic mass is 10.1. The van der Waals surface area contributed by atoms with Crippen molar-refractivity contribution in [1.29, 1.82) is 0 Å². The van der Waals surface area contributed by atoms with Crippen LogP contribution < -0.4 is 5.32 Å². The molecular formula is C12H18N2O2. The number of ether oxygens (including phenoxy) is 1. The molecule has 0 bridgehead atoms. The summed E-state index contributed by atoms with van der Waals surface area (Å²) in [5, 5.41) is 3.45. The number of nitrogens with zero attached hydrogens (tertiary/aromatic N) is 1. The van der Waals surface area contributed by atoms with Gasteiger partial charge in [0.05, 0.1) is 18.8 Å². The van der Waals surface area contributed by atoms with Gasteiger partial charge in [0.25, 0.3) is 0 Å². The van der Waals surface area contributed by atoms with E-state index in [9.17, 15) is 0 Å². The van der Waals surface area contributed by atoms with Crippen LogP contribution in [0.15, 0.2) is 10.6 Å². The maximum absolute atomic E-state index is 5.85. The number of oxazole rings is 1. The second-order valence-electron chi connectivity index (χ2n) is 4.66. The minimum Gasteiger partial charge on any atom is -0.444 e. The second kappa shape index (κ2) is 4.55. The van der Waals surface area contributed by atoms with Crippen molar-refractivity contribution in [3.05, 3.63) is 17.8 Å². The molecule has 4 nitrogen and oxygen atoms in total. The van der Waals surface area contributed by atoms with E-state index in [4.69, 9.17) is 9.15 Å². The third-order valence-corrected chi connectivity index (χ3v) is 3.48. The summed E-state index contributed by atoms with van der Waals surface area (Å²) in [5.74, 6) is 2.28. The van der Waals surface area contributed by atoms with Crippen molar-refractivity contribution in [2.24, 2.45) is 0 Å². The molecule has 1 aromatic heterocycles. The molecule has 2 atom stereocenters. The molecule has 16 heavy (non-hydrogen) atoms. The van der Waals surface area contributed by atoms with Gasteiger partial charge in [-0.15, -0.1) is 0 Å². The number of rotatable bonds is 2. The molecule has 0 aromatic carbocycles. The van der Waals surface area contributed by atoms with Gasteiger partial charge in [-0.1, -0.05) is 6.42 Å². The maximum Gasteiger partial charge on any atom is 0.211 e. The van der Waals surface area contributed by atoms with Gasteiger partial charge in [0.1, 0.15) is 5.76 Å². The summed E-state index contributed by atoms with van der Waals surface area (Å²) < 4.78 is 11.2. The fourth-order valence-electron chi connectivity index (χ4n) is 2.47. The summed E-state index contributed by atoms with van der Waals surface area (Å²) in [6, 6.07) is 0.324. The van der Waals surface area contributed by atoms with E-state index >= 15 is 0 Å². The van der Waals surface area contributed by atoms with E-state index in [1.54, 1.807) is 0 Å². The predicted octanol–water partition coefficient (Wildman–Crippen LogP) is 1.99. The lowest BCUT2D eigenvalue weighted by Gasteiger charge is -2.20. The molecule has 0 amide bonds. The average molecular weight is 222 g/mol. The Labute approximate surface area is 95.4 Å². The van der Waals surface area contributed by atoms with Crippen LogP contribution in [0, 0.1) is 0 Å². The van der Waals surface area contributed by atoms with Crippen molar-refractivity contribution in [3.8, 4) is 0 Å². The van der Waals surface area contributed by atoms with Gasteiger partial charge in [0.15, 0.2) is 0 Å². The molecule has 2 fully saturated rings. The Kier molecular flexibility index (Phi) is 2.93. The lowest BCUT2D eigenvalue weighted by Crippen LogP contribution is -2.26. The highest BCUT2D eigenvalue weighted by Crippen LogP contribution is 2.29. The van der Waals surface area contributed by atoms with Crippen molar-refractivity contribution >= 4 is 0 Å². The van der Waals surface area contributed by atoms with Crippen molar-refractivity contribution in [2.75, 3.05) is 19.8 Å². The predicted molar refractivity (Wildman–Crippen MR) is 59.3 cm³/mol. The molecule has 1 aromatic rings. The Morgan fingerprint density at radius 1 is 1.31 bits per heavy atom. The van der Waals surface area contributed by atoms with E-state index in [1.807, 2.05) is 6.20 Å². The molecular weight excluding hydrogens is 204 g/mol. The average Bonchev–Trinajstić information content (AvgIpc) is 3.01. The monoisotopic (exact) mass is 222 g/mol. The summed E-state index contributed by atoms with van der Waals surface area (Å²) >= 11 is 0. The third kappa shape index (κ3) is 1.99. The zero-order valence-electron chi connectivity index (χ0n) is 9.45. The number of aromatic nitrogens is 1. The number of piperidine rings is 1. The first-order chi connectivity index (χ1) is 7.93. The normalized spacial score (nSPS) is 30.8. The van der Waals surface area contributed by atoms with Crippen molar-refractivity contribution < 1.29 is 9.15 Å². The molecule has 0 saturated carbocycles. The van der Waals surface area contributed by atoms with Gasteiger partial charge in [-0.3, -0.25) is 0 Å². The highest BCUT2D eigenvalue weighted by Gasteiger charge is 2.24. The molecule has 3 rings (SSSR count). The molecule has 4 heteroatoms. The van der Waals surface area contributed by atoms with Gasteiger partial charge in [0.2, 0.25) is 5.89 Å². The molecule has 2 unspecified atom stereocenters. The summed E-state index contributed by atoms with van der Waals surface area (Å²) in [5.41, 5.74) is 0. The Morgan fingerprint density at radius 3 is 3.06 bits per heavy atom. The van der Waals surface area contributed by atoms with Gasteiger partial charge in [-0.25, -0.2) is 4.98 Å². The molecule has 0 aliphatic carbocycles. The summed E-state index contributed by atoms with van der Waals surface area (Å²) in [6.07, 6.45) is 6.61. The number of nitrogens with one attached hydrogen (secondary N) is 1. The van der Waals surface area contributed by atoms with Gasteiger partial charge >= 0.3 is 0 Å². The van der Waals surface area contributed by atoms with Crippen LogP contribution in [-0.4, -0.2) is 24.7 Å². The van der Waals surface area contributed by atoms with Crippen molar-refractivity contribution in [1.82, 2.24) is 10.3 Å². The molecule has 0 spiro atoms. The minimum atomic E-state index is 0.324. The highest BCUT2D eigenvalue weighted by atomic mass is 16.5. The van der Waals surface area contributed by atoms with Crippen LogP contribution in [0.1, 0.15) is 49.3 Å². The van der Waals surface area contributed by atoms with E-state index < -0.39 is 0 Å². The number of hydrogen-bond acceptors (Lipinski definition) is 4. The fourth-order valence-corrected chi connectivity index (χ4v) is 2.47. The second-order valence-corrected chi connectivity index (χ2v) is 4.66. The van der Waals surface area contributed by atoms with Gasteiger partial charge < -0.3 is 14.5 Å². The fraction of sp³-hybridized carbons (Fsp3) is 0.750. The van der Waals surface area contributed by atoms with Crippen LogP contribution in [0.25, 0.3) is 0 Å². The molecule has 0 radical (unpaired) electrons. The van der Waals surface area contributed by atoms with E-state index in [-0.39, 0.29) is 0 Å². The van der Waals surface area contributed by atoms with Crippen molar-refractivity contribution in [2.45, 2.75) is 37.6 Å². The third-order valence-electron chi connectivity index (χ3n) is 3.48. The zero-order valence-corrected chi connectivity index (χ0v) is 9.45. The Morgan fingerprint density at radius 2 is 2.31 bits per heavy atom. The van der Waals surface area contributed by atoms with Crippen LogP contribution in [-0.2, 0) is 4.74 Å². The SMILES string of the molecule is c1nc(C2CCCCN2)oc1C1CCOC1. The first-order valence-corrected chi connectivity index (χ1v) is 6.20. The Balaban J connectivity index is 1.71. The van der Waals surface area contributed by atoms with Crippen LogP contribution in [0.4, 0.5) is 0 Å². The zero-order chi connectivity index (χ0) is 10.8. The number of hydrogen-bond donors (Lipinski definition) is 1.